The van der Waals surface area contributed by atoms with Crippen molar-refractivity contribution in [2.24, 2.45) is 5.92 Å². The molecule has 4 rings (SSSR count). The number of carboxylic acids is 1. The predicted molar refractivity (Wildman–Crippen MR) is 138 cm³/mol. The van der Waals surface area contributed by atoms with E-state index < -0.39 is 17.4 Å². The van der Waals surface area contributed by atoms with Gasteiger partial charge in [0.2, 0.25) is 6.79 Å². The van der Waals surface area contributed by atoms with E-state index in [4.69, 9.17) is 24.1 Å². The normalized spacial score (nSPS) is 15.9. The maximum absolute atomic E-state index is 12.7. The van der Waals surface area contributed by atoms with Crippen LogP contribution in [0.4, 0.5) is 9.18 Å². The minimum absolute atomic E-state index is 0.222. The molecule has 8 nitrogen and oxygen atoms in total. The van der Waals surface area contributed by atoms with Gasteiger partial charge in [0.15, 0.2) is 11.5 Å². The van der Waals surface area contributed by atoms with Crippen LogP contribution < -0.4 is 14.2 Å². The van der Waals surface area contributed by atoms with E-state index in [0.29, 0.717) is 24.8 Å². The Hall–Kier alpha value is -3.49. The van der Waals surface area contributed by atoms with Crippen LogP contribution in [0.1, 0.15) is 53.0 Å². The lowest BCUT2D eigenvalue weighted by atomic mass is 9.99. The summed E-state index contributed by atoms with van der Waals surface area (Å²) in [5, 5.41) is 8.32. The molecule has 204 valence electrons. The highest BCUT2D eigenvalue weighted by Gasteiger charge is 2.28. The quantitative estimate of drug-likeness (QED) is 0.524. The largest absolute Gasteiger partial charge is 0.493 e. The molecule has 1 saturated heterocycles. The summed E-state index contributed by atoms with van der Waals surface area (Å²) in [7, 11) is 0. The Morgan fingerprint density at radius 2 is 1.81 bits per heavy atom. The third-order valence-corrected chi connectivity index (χ3v) is 5.30. The molecule has 1 amide bonds. The van der Waals surface area contributed by atoms with E-state index in [0.717, 1.165) is 30.9 Å². The molecule has 0 spiro atoms. The SMILES string of the molecule is CC.CC(C)(C)OC(=O)N1CCCC(COc2ccc3c(c2)OCO3)C1.O=C(O)Cc1ccccc1F. The number of likely N-dealkylation sites (tertiary alicyclic amines) is 1. The number of rotatable bonds is 5. The number of hydrogen-bond acceptors (Lipinski definition) is 6. The fraction of sp³-hybridized carbons (Fsp3) is 0.500. The number of benzene rings is 2. The van der Waals surface area contributed by atoms with Gasteiger partial charge in [-0.25, -0.2) is 9.18 Å². The van der Waals surface area contributed by atoms with E-state index in [9.17, 15) is 14.0 Å². The summed E-state index contributed by atoms with van der Waals surface area (Å²) in [5.41, 5.74) is -0.243. The van der Waals surface area contributed by atoms with E-state index >= 15 is 0 Å². The first-order chi connectivity index (χ1) is 17.6. The van der Waals surface area contributed by atoms with Crippen LogP contribution in [0, 0.1) is 11.7 Å². The van der Waals surface area contributed by atoms with Gasteiger partial charge in [0.05, 0.1) is 13.0 Å². The molecule has 2 aliphatic heterocycles. The molecule has 2 aliphatic rings. The number of carbonyl (C=O) groups is 2. The molecular formula is C28H38FNO7. The van der Waals surface area contributed by atoms with Crippen LogP contribution in [0.2, 0.25) is 0 Å². The lowest BCUT2D eigenvalue weighted by Crippen LogP contribution is -2.44. The van der Waals surface area contributed by atoms with E-state index in [2.05, 4.69) is 0 Å². The summed E-state index contributed by atoms with van der Waals surface area (Å²) in [5.74, 6) is 1.04. The van der Waals surface area contributed by atoms with Crippen LogP contribution in [0.15, 0.2) is 42.5 Å². The fourth-order valence-electron chi connectivity index (χ4n) is 3.68. The van der Waals surface area contributed by atoms with Crippen molar-refractivity contribution in [1.29, 1.82) is 0 Å². The molecule has 0 radical (unpaired) electrons. The summed E-state index contributed by atoms with van der Waals surface area (Å²) in [4.78, 5) is 24.1. The molecule has 0 bridgehead atoms. The zero-order valence-electron chi connectivity index (χ0n) is 22.3. The number of aliphatic carboxylic acids is 1. The van der Waals surface area contributed by atoms with Gasteiger partial charge in [-0.1, -0.05) is 32.0 Å². The van der Waals surface area contributed by atoms with Crippen LogP contribution in [0.25, 0.3) is 0 Å². The number of fused-ring (bicyclic) bond motifs is 1. The van der Waals surface area contributed by atoms with Crippen molar-refractivity contribution in [2.45, 2.75) is 59.5 Å². The number of piperidine rings is 1. The highest BCUT2D eigenvalue weighted by atomic mass is 19.1. The number of nitrogens with zero attached hydrogens (tertiary/aromatic N) is 1. The van der Waals surface area contributed by atoms with E-state index in [1.165, 1.54) is 18.2 Å². The third-order valence-electron chi connectivity index (χ3n) is 5.30. The molecule has 1 atom stereocenters. The van der Waals surface area contributed by atoms with Crippen LogP contribution in [0.5, 0.6) is 17.2 Å². The summed E-state index contributed by atoms with van der Waals surface area (Å²) in [6.07, 6.45) is 1.51. The number of carbonyl (C=O) groups excluding carboxylic acids is 1. The second-order valence-electron chi connectivity index (χ2n) is 9.42. The average Bonchev–Trinajstić information content (AvgIpc) is 3.33. The van der Waals surface area contributed by atoms with Crippen molar-refractivity contribution in [2.75, 3.05) is 26.5 Å². The van der Waals surface area contributed by atoms with Crippen LogP contribution in [-0.2, 0) is 16.0 Å². The van der Waals surface area contributed by atoms with Crippen molar-refractivity contribution in [3.05, 3.63) is 53.8 Å². The summed E-state index contributed by atoms with van der Waals surface area (Å²) >= 11 is 0. The Bertz CT molecular complexity index is 1020. The number of halogens is 1. The zero-order valence-corrected chi connectivity index (χ0v) is 22.3. The molecule has 0 saturated carbocycles. The fourth-order valence-corrected chi connectivity index (χ4v) is 3.68. The highest BCUT2D eigenvalue weighted by Crippen LogP contribution is 2.35. The first-order valence-corrected chi connectivity index (χ1v) is 12.6. The van der Waals surface area contributed by atoms with Crippen LogP contribution in [-0.4, -0.2) is 54.2 Å². The Morgan fingerprint density at radius 3 is 2.49 bits per heavy atom. The standard InChI is InChI=1S/C18H25NO5.C8H7FO2.C2H6/c1-18(2,3)24-17(20)19-8-4-5-13(10-19)11-21-14-6-7-15-16(9-14)23-12-22-15;9-7-4-2-1-3-6(7)5-8(10)11;1-2/h6-7,9,13H,4-5,8,10-12H2,1-3H3;1-4H,5H2,(H,10,11);1-2H3. The first kappa shape index (κ1) is 29.7. The van der Waals surface area contributed by atoms with Gasteiger partial charge in [0.1, 0.15) is 17.2 Å². The lowest BCUT2D eigenvalue weighted by Gasteiger charge is -2.34. The summed E-state index contributed by atoms with van der Waals surface area (Å²) in [6, 6.07) is 11.4. The van der Waals surface area contributed by atoms with Gasteiger partial charge in [0, 0.05) is 25.1 Å². The van der Waals surface area contributed by atoms with Gasteiger partial charge in [-0.15, -0.1) is 0 Å². The van der Waals surface area contributed by atoms with Gasteiger partial charge < -0.3 is 29.0 Å². The van der Waals surface area contributed by atoms with Crippen molar-refractivity contribution >= 4 is 12.1 Å². The Labute approximate surface area is 218 Å². The predicted octanol–water partition coefficient (Wildman–Crippen LogP) is 5.92. The van der Waals surface area contributed by atoms with E-state index in [1.807, 2.05) is 52.8 Å². The summed E-state index contributed by atoms with van der Waals surface area (Å²) in [6.45, 7) is 11.9. The monoisotopic (exact) mass is 519 g/mol. The number of carboxylic acid groups (broad SMARTS) is 1. The number of amides is 1. The Balaban J connectivity index is 0.000000311. The maximum atomic E-state index is 12.7. The lowest BCUT2D eigenvalue weighted by molar-refractivity contribution is -0.136. The smallest absolute Gasteiger partial charge is 0.410 e. The van der Waals surface area contributed by atoms with Gasteiger partial charge in [-0.2, -0.15) is 0 Å². The summed E-state index contributed by atoms with van der Waals surface area (Å²) < 4.78 is 34.7. The van der Waals surface area contributed by atoms with Crippen LogP contribution >= 0.6 is 0 Å². The molecule has 1 unspecified atom stereocenters. The molecule has 1 N–H and O–H groups in total. The molecule has 0 aliphatic carbocycles. The van der Waals surface area contributed by atoms with E-state index in [-0.39, 0.29) is 24.9 Å². The molecule has 2 heterocycles. The second-order valence-corrected chi connectivity index (χ2v) is 9.42. The van der Waals surface area contributed by atoms with Crippen molar-refractivity contribution in [1.82, 2.24) is 4.90 Å². The maximum Gasteiger partial charge on any atom is 0.410 e. The molecule has 2 aromatic carbocycles. The van der Waals surface area contributed by atoms with E-state index in [1.54, 1.807) is 11.0 Å². The van der Waals surface area contributed by atoms with Gasteiger partial charge >= 0.3 is 12.1 Å². The Kier molecular flexibility index (Phi) is 11.5. The molecule has 37 heavy (non-hydrogen) atoms. The Morgan fingerprint density at radius 1 is 1.11 bits per heavy atom. The molecule has 9 heteroatoms. The molecular weight excluding hydrogens is 481 g/mol. The van der Waals surface area contributed by atoms with Crippen molar-refractivity contribution in [3.8, 4) is 17.2 Å². The van der Waals surface area contributed by atoms with Gasteiger partial charge in [-0.05, 0) is 57.4 Å². The highest BCUT2D eigenvalue weighted by molar-refractivity contribution is 5.70. The zero-order chi connectivity index (χ0) is 27.4. The van der Waals surface area contributed by atoms with Crippen molar-refractivity contribution < 1.29 is 38.0 Å². The van der Waals surface area contributed by atoms with Crippen LogP contribution in [0.3, 0.4) is 0 Å². The minimum Gasteiger partial charge on any atom is -0.493 e. The minimum atomic E-state index is -1.02. The van der Waals surface area contributed by atoms with Gasteiger partial charge in [-0.3, -0.25) is 4.79 Å². The van der Waals surface area contributed by atoms with Gasteiger partial charge in [0.25, 0.3) is 0 Å². The average molecular weight is 520 g/mol. The molecule has 1 fully saturated rings. The second kappa shape index (κ2) is 14.3. The number of ether oxygens (including phenoxy) is 4. The van der Waals surface area contributed by atoms with Crippen molar-refractivity contribution in [3.63, 3.8) is 0 Å². The number of hydrogen-bond donors (Lipinski definition) is 1. The first-order valence-electron chi connectivity index (χ1n) is 12.6. The molecule has 2 aromatic rings. The third kappa shape index (κ3) is 10.2. The topological polar surface area (TPSA) is 94.5 Å². The molecule has 0 aromatic heterocycles.